The zero-order valence-electron chi connectivity index (χ0n) is 11.8. The zero-order chi connectivity index (χ0) is 13.2. The molecule has 0 aromatic carbocycles. The Balaban J connectivity index is 0. The van der Waals surface area contributed by atoms with Gasteiger partial charge in [-0.25, -0.2) is 0 Å². The van der Waals surface area contributed by atoms with E-state index in [1.54, 1.807) is 0 Å². The molecular weight excluding hydrogens is 208 g/mol. The fourth-order valence-electron chi connectivity index (χ4n) is 1.38. The van der Waals surface area contributed by atoms with E-state index < -0.39 is 0 Å². The molecule has 0 rings (SSSR count). The lowest BCUT2D eigenvalue weighted by Crippen LogP contribution is -1.78. The standard InChI is InChI=1S/C8H16O.C8H14/c1-2-3-4-5-6-7-8-9;1-3-5-7-8-6-4-2/h8H,2-7H2,1H3;3-4,6H,1,5,7-8H2,2H3. The van der Waals surface area contributed by atoms with Crippen LogP contribution in [0.3, 0.4) is 0 Å². The van der Waals surface area contributed by atoms with Crippen molar-refractivity contribution in [2.45, 2.75) is 71.6 Å². The molecular formula is C16H30O. The average molecular weight is 238 g/mol. The van der Waals surface area contributed by atoms with Crippen molar-refractivity contribution in [2.75, 3.05) is 0 Å². The Bertz CT molecular complexity index is 170. The molecule has 0 aromatic heterocycles. The maximum absolute atomic E-state index is 9.84. The van der Waals surface area contributed by atoms with Crippen LogP contribution in [0.5, 0.6) is 0 Å². The molecule has 0 bridgehead atoms. The van der Waals surface area contributed by atoms with E-state index in [4.69, 9.17) is 0 Å². The maximum atomic E-state index is 9.84. The van der Waals surface area contributed by atoms with Crippen molar-refractivity contribution < 1.29 is 4.79 Å². The highest BCUT2D eigenvalue weighted by Crippen LogP contribution is 2.02. The zero-order valence-corrected chi connectivity index (χ0v) is 11.8. The number of allylic oxidation sites excluding steroid dienone is 3. The molecule has 0 spiro atoms. The first kappa shape index (κ1) is 18.5. The Morgan fingerprint density at radius 1 is 0.941 bits per heavy atom. The molecule has 1 heteroatoms. The first-order valence-electron chi connectivity index (χ1n) is 6.99. The van der Waals surface area contributed by atoms with Crippen molar-refractivity contribution in [2.24, 2.45) is 0 Å². The second-order valence-corrected chi connectivity index (χ2v) is 4.16. The highest BCUT2D eigenvalue weighted by atomic mass is 16.1. The normalized spacial score (nSPS) is 9.76. The quantitative estimate of drug-likeness (QED) is 0.280. The molecule has 17 heavy (non-hydrogen) atoms. The second kappa shape index (κ2) is 20.5. The lowest BCUT2D eigenvalue weighted by molar-refractivity contribution is -0.107. The van der Waals surface area contributed by atoms with E-state index in [0.29, 0.717) is 0 Å². The monoisotopic (exact) mass is 238 g/mol. The van der Waals surface area contributed by atoms with E-state index in [9.17, 15) is 4.79 Å². The first-order chi connectivity index (χ1) is 8.33. The van der Waals surface area contributed by atoms with Gasteiger partial charge in [-0.1, -0.05) is 50.8 Å². The topological polar surface area (TPSA) is 17.1 Å². The Kier molecular flexibility index (Phi) is 22.4. The summed E-state index contributed by atoms with van der Waals surface area (Å²) in [5.41, 5.74) is 0. The maximum Gasteiger partial charge on any atom is 0.119 e. The number of hydrogen-bond donors (Lipinski definition) is 0. The summed E-state index contributed by atoms with van der Waals surface area (Å²) < 4.78 is 0. The Hall–Kier alpha value is -0.850. The van der Waals surface area contributed by atoms with Gasteiger partial charge >= 0.3 is 0 Å². The average Bonchev–Trinajstić information content (AvgIpc) is 2.36. The van der Waals surface area contributed by atoms with Crippen molar-refractivity contribution in [3.05, 3.63) is 24.8 Å². The largest absolute Gasteiger partial charge is 0.303 e. The van der Waals surface area contributed by atoms with Crippen molar-refractivity contribution >= 4 is 6.29 Å². The third kappa shape index (κ3) is 25.4. The van der Waals surface area contributed by atoms with E-state index >= 15 is 0 Å². The fraction of sp³-hybridized carbons (Fsp3) is 0.688. The molecule has 0 aromatic rings. The van der Waals surface area contributed by atoms with Crippen LogP contribution >= 0.6 is 0 Å². The van der Waals surface area contributed by atoms with Gasteiger partial charge in [0, 0.05) is 6.42 Å². The van der Waals surface area contributed by atoms with Crippen LogP contribution in [0.25, 0.3) is 0 Å². The molecule has 0 aliphatic heterocycles. The summed E-state index contributed by atoms with van der Waals surface area (Å²) in [5.74, 6) is 0. The Morgan fingerprint density at radius 3 is 2.18 bits per heavy atom. The molecule has 0 fully saturated rings. The molecule has 0 radical (unpaired) electrons. The van der Waals surface area contributed by atoms with E-state index in [1.165, 1.54) is 38.5 Å². The molecule has 0 saturated heterocycles. The van der Waals surface area contributed by atoms with Crippen LogP contribution in [0.1, 0.15) is 71.6 Å². The minimum Gasteiger partial charge on any atom is -0.303 e. The summed E-state index contributed by atoms with van der Waals surface area (Å²) in [6, 6.07) is 0. The molecule has 0 aliphatic rings. The molecule has 0 aliphatic carbocycles. The van der Waals surface area contributed by atoms with Crippen LogP contribution in [0.2, 0.25) is 0 Å². The third-order valence-corrected chi connectivity index (χ3v) is 2.44. The van der Waals surface area contributed by atoms with E-state index in [0.717, 1.165) is 25.5 Å². The van der Waals surface area contributed by atoms with Gasteiger partial charge in [-0.15, -0.1) is 6.58 Å². The van der Waals surface area contributed by atoms with Crippen LogP contribution < -0.4 is 0 Å². The minimum atomic E-state index is 0.754. The molecule has 0 amide bonds. The predicted molar refractivity (Wildman–Crippen MR) is 78.3 cm³/mol. The van der Waals surface area contributed by atoms with Crippen LogP contribution in [-0.4, -0.2) is 6.29 Å². The molecule has 0 heterocycles. The number of unbranched alkanes of at least 4 members (excludes halogenated alkanes) is 7. The van der Waals surface area contributed by atoms with Crippen LogP contribution in [0, 0.1) is 0 Å². The highest BCUT2D eigenvalue weighted by molar-refractivity contribution is 5.48. The van der Waals surface area contributed by atoms with Crippen molar-refractivity contribution in [3.8, 4) is 0 Å². The van der Waals surface area contributed by atoms with Crippen LogP contribution in [0.15, 0.2) is 24.8 Å². The number of aldehydes is 1. The fourth-order valence-corrected chi connectivity index (χ4v) is 1.38. The van der Waals surface area contributed by atoms with Crippen molar-refractivity contribution in [3.63, 3.8) is 0 Å². The molecule has 100 valence electrons. The summed E-state index contributed by atoms with van der Waals surface area (Å²) in [6.45, 7) is 7.88. The predicted octanol–water partition coefficient (Wildman–Crippen LogP) is 5.46. The lowest BCUT2D eigenvalue weighted by atomic mass is 10.1. The molecule has 0 N–H and O–H groups in total. The SMILES string of the molecule is C=CCCCC=CC.CCCCCCCC=O. The Morgan fingerprint density at radius 2 is 1.65 bits per heavy atom. The Labute approximate surface area is 108 Å². The molecule has 0 atom stereocenters. The van der Waals surface area contributed by atoms with Crippen LogP contribution in [0.4, 0.5) is 0 Å². The lowest BCUT2D eigenvalue weighted by Gasteiger charge is -1.93. The summed E-state index contributed by atoms with van der Waals surface area (Å²) in [6.07, 6.45) is 17.8. The van der Waals surface area contributed by atoms with E-state index in [2.05, 4.69) is 25.7 Å². The summed E-state index contributed by atoms with van der Waals surface area (Å²) in [7, 11) is 0. The van der Waals surface area contributed by atoms with Gasteiger partial charge in [0.1, 0.15) is 6.29 Å². The number of hydrogen-bond acceptors (Lipinski definition) is 1. The number of carbonyl (C=O) groups excluding carboxylic acids is 1. The van der Waals surface area contributed by atoms with Crippen LogP contribution in [-0.2, 0) is 4.79 Å². The van der Waals surface area contributed by atoms with E-state index in [-0.39, 0.29) is 0 Å². The van der Waals surface area contributed by atoms with Gasteiger partial charge in [0.15, 0.2) is 0 Å². The number of carbonyl (C=O) groups is 1. The van der Waals surface area contributed by atoms with Gasteiger partial charge in [-0.3, -0.25) is 0 Å². The van der Waals surface area contributed by atoms with E-state index in [1.807, 2.05) is 13.0 Å². The third-order valence-electron chi connectivity index (χ3n) is 2.44. The smallest absolute Gasteiger partial charge is 0.119 e. The highest BCUT2D eigenvalue weighted by Gasteiger charge is 1.85. The molecule has 0 unspecified atom stereocenters. The minimum absolute atomic E-state index is 0.754. The van der Waals surface area contributed by atoms with Gasteiger partial charge in [-0.2, -0.15) is 0 Å². The van der Waals surface area contributed by atoms with Gasteiger partial charge in [-0.05, 0) is 32.6 Å². The van der Waals surface area contributed by atoms with Gasteiger partial charge in [0.2, 0.25) is 0 Å². The van der Waals surface area contributed by atoms with Gasteiger partial charge in [0.05, 0.1) is 0 Å². The second-order valence-electron chi connectivity index (χ2n) is 4.16. The molecule has 0 saturated carbocycles. The summed E-state index contributed by atoms with van der Waals surface area (Å²) in [4.78, 5) is 9.84. The summed E-state index contributed by atoms with van der Waals surface area (Å²) >= 11 is 0. The summed E-state index contributed by atoms with van der Waals surface area (Å²) in [5, 5.41) is 0. The van der Waals surface area contributed by atoms with Gasteiger partial charge in [0.25, 0.3) is 0 Å². The van der Waals surface area contributed by atoms with Gasteiger partial charge < -0.3 is 4.79 Å². The number of rotatable bonds is 10. The first-order valence-corrected chi connectivity index (χ1v) is 6.99. The molecule has 1 nitrogen and oxygen atoms in total. The van der Waals surface area contributed by atoms with Crippen molar-refractivity contribution in [1.29, 1.82) is 0 Å². The van der Waals surface area contributed by atoms with Crippen molar-refractivity contribution in [1.82, 2.24) is 0 Å².